The molecule has 1 aliphatic carbocycles. The molecule has 0 fully saturated rings. The summed E-state index contributed by atoms with van der Waals surface area (Å²) in [5.74, 6) is -0.904. The third-order valence-electron chi connectivity index (χ3n) is 4.10. The van der Waals surface area contributed by atoms with E-state index in [0.29, 0.717) is 6.42 Å². The Morgan fingerprint density at radius 1 is 1.14 bits per heavy atom. The highest BCUT2D eigenvalue weighted by Gasteiger charge is 2.14. The van der Waals surface area contributed by atoms with Crippen LogP contribution in [0.3, 0.4) is 0 Å². The summed E-state index contributed by atoms with van der Waals surface area (Å²) in [6.45, 7) is 3.66. The Hall–Kier alpha value is -2.35. The summed E-state index contributed by atoms with van der Waals surface area (Å²) in [4.78, 5) is 11.0. The second-order valence-corrected chi connectivity index (χ2v) is 5.60. The summed E-state index contributed by atoms with van der Waals surface area (Å²) in [5.41, 5.74) is 4.03. The number of fused-ring (bicyclic) bond motifs is 3. The van der Waals surface area contributed by atoms with Crippen LogP contribution in [0.2, 0.25) is 0 Å². The molecule has 2 aromatic rings. The molecule has 3 rings (SSSR count). The highest BCUT2D eigenvalue weighted by atomic mass is 16.4. The van der Waals surface area contributed by atoms with Crippen molar-refractivity contribution in [2.75, 3.05) is 0 Å². The summed E-state index contributed by atoms with van der Waals surface area (Å²) in [6.07, 6.45) is 5.68. The van der Waals surface area contributed by atoms with E-state index in [2.05, 4.69) is 43.0 Å². The van der Waals surface area contributed by atoms with Crippen molar-refractivity contribution in [1.29, 1.82) is 0 Å². The average Bonchev–Trinajstić information content (AvgIpc) is 2.69. The minimum absolute atomic E-state index is 0.268. The van der Waals surface area contributed by atoms with Gasteiger partial charge in [-0.05, 0) is 41.2 Å². The summed E-state index contributed by atoms with van der Waals surface area (Å²) in [6, 6.07) is 12.7. The molecule has 21 heavy (non-hydrogen) atoms. The molecule has 1 aliphatic rings. The average molecular weight is 278 g/mol. The van der Waals surface area contributed by atoms with Crippen LogP contribution in [0.1, 0.15) is 30.4 Å². The van der Waals surface area contributed by atoms with Crippen LogP contribution in [0.4, 0.5) is 0 Å². The number of aryl methyl sites for hydroxylation is 1. The van der Waals surface area contributed by atoms with Gasteiger partial charge in [0.15, 0.2) is 0 Å². The zero-order valence-electron chi connectivity index (χ0n) is 11.9. The van der Waals surface area contributed by atoms with Gasteiger partial charge in [0, 0.05) is 12.0 Å². The summed E-state index contributed by atoms with van der Waals surface area (Å²) in [7, 11) is 0. The van der Waals surface area contributed by atoms with Crippen LogP contribution in [0.25, 0.3) is 16.8 Å². The number of carboxylic acids is 1. The maximum atomic E-state index is 11.0. The van der Waals surface area contributed by atoms with E-state index in [-0.39, 0.29) is 5.57 Å². The van der Waals surface area contributed by atoms with Crippen LogP contribution in [-0.4, -0.2) is 11.1 Å². The maximum Gasteiger partial charge on any atom is 0.331 e. The molecule has 0 amide bonds. The van der Waals surface area contributed by atoms with Gasteiger partial charge in [-0.2, -0.15) is 0 Å². The van der Waals surface area contributed by atoms with E-state index in [9.17, 15) is 4.79 Å². The molecule has 0 saturated carbocycles. The Morgan fingerprint density at radius 3 is 2.76 bits per heavy atom. The molecule has 0 radical (unpaired) electrons. The fraction of sp³-hybridized carbons (Fsp3) is 0.211. The zero-order valence-corrected chi connectivity index (χ0v) is 11.9. The monoisotopic (exact) mass is 278 g/mol. The quantitative estimate of drug-likeness (QED) is 0.834. The van der Waals surface area contributed by atoms with Crippen LogP contribution in [0.5, 0.6) is 0 Å². The third-order valence-corrected chi connectivity index (χ3v) is 4.10. The second kappa shape index (κ2) is 5.57. The van der Waals surface area contributed by atoms with Crippen molar-refractivity contribution in [2.45, 2.75) is 25.7 Å². The van der Waals surface area contributed by atoms with E-state index < -0.39 is 5.97 Å². The molecule has 0 heterocycles. The molecule has 0 atom stereocenters. The Labute approximate surface area is 124 Å². The third kappa shape index (κ3) is 2.75. The lowest BCUT2D eigenvalue weighted by molar-refractivity contribution is -0.132. The van der Waals surface area contributed by atoms with Gasteiger partial charge in [-0.3, -0.25) is 0 Å². The number of hydrogen-bond donors (Lipinski definition) is 1. The first-order valence-corrected chi connectivity index (χ1v) is 7.26. The van der Waals surface area contributed by atoms with E-state index in [1.54, 1.807) is 0 Å². The Balaban J connectivity index is 2.08. The van der Waals surface area contributed by atoms with Crippen molar-refractivity contribution in [3.63, 3.8) is 0 Å². The molecule has 0 spiro atoms. The van der Waals surface area contributed by atoms with Crippen LogP contribution in [-0.2, 0) is 11.2 Å². The smallest absolute Gasteiger partial charge is 0.331 e. The number of allylic oxidation sites excluding steroid dienone is 1. The number of benzene rings is 2. The lowest BCUT2D eigenvalue weighted by atomic mass is 9.96. The van der Waals surface area contributed by atoms with Crippen LogP contribution < -0.4 is 0 Å². The standard InChI is InChI=1S/C19H18O2/c1-13(19(20)21)11-14-5-4-7-16-10-9-15-6-2-3-8-17(15)18(16)12-14/h2-3,6,8-10,12H,1,4-5,7,11H2,(H,20,21). The Bertz CT molecular complexity index is 753. The van der Waals surface area contributed by atoms with Gasteiger partial charge in [0.05, 0.1) is 0 Å². The molecule has 2 nitrogen and oxygen atoms in total. The maximum absolute atomic E-state index is 11.0. The van der Waals surface area contributed by atoms with E-state index >= 15 is 0 Å². The fourth-order valence-electron chi connectivity index (χ4n) is 3.00. The number of aliphatic carboxylic acids is 1. The van der Waals surface area contributed by atoms with E-state index in [0.717, 1.165) is 24.8 Å². The number of hydrogen-bond acceptors (Lipinski definition) is 1. The van der Waals surface area contributed by atoms with Gasteiger partial charge in [0.25, 0.3) is 0 Å². The topological polar surface area (TPSA) is 37.3 Å². The molecule has 0 aromatic heterocycles. The molecule has 2 aromatic carbocycles. The van der Waals surface area contributed by atoms with Crippen LogP contribution in [0.15, 0.2) is 54.1 Å². The van der Waals surface area contributed by atoms with Crippen LogP contribution in [0, 0.1) is 0 Å². The molecule has 106 valence electrons. The first-order chi connectivity index (χ1) is 10.1. The SMILES string of the molecule is C=C(CC1=Cc2c(ccc3ccccc23)CCC1)C(=O)O. The minimum Gasteiger partial charge on any atom is -0.478 e. The zero-order chi connectivity index (χ0) is 14.8. The minimum atomic E-state index is -0.904. The first-order valence-electron chi connectivity index (χ1n) is 7.26. The predicted octanol–water partition coefficient (Wildman–Crippen LogP) is 4.59. The molecular formula is C19H18O2. The second-order valence-electron chi connectivity index (χ2n) is 5.60. The van der Waals surface area contributed by atoms with Crippen molar-refractivity contribution in [2.24, 2.45) is 0 Å². The first kappa shape index (κ1) is 13.6. The molecule has 1 N–H and O–H groups in total. The van der Waals surface area contributed by atoms with Crippen molar-refractivity contribution in [1.82, 2.24) is 0 Å². The van der Waals surface area contributed by atoms with Gasteiger partial charge in [0.1, 0.15) is 0 Å². The van der Waals surface area contributed by atoms with E-state index in [1.807, 2.05) is 6.07 Å². The van der Waals surface area contributed by atoms with Gasteiger partial charge in [-0.25, -0.2) is 4.79 Å². The highest BCUT2D eigenvalue weighted by molar-refractivity contribution is 5.93. The number of carboxylic acid groups (broad SMARTS) is 1. The van der Waals surface area contributed by atoms with Gasteiger partial charge < -0.3 is 5.11 Å². The fourth-order valence-corrected chi connectivity index (χ4v) is 3.00. The molecular weight excluding hydrogens is 260 g/mol. The largest absolute Gasteiger partial charge is 0.478 e. The lowest BCUT2D eigenvalue weighted by Gasteiger charge is -2.08. The Kier molecular flexibility index (Phi) is 3.61. The van der Waals surface area contributed by atoms with Crippen molar-refractivity contribution in [3.05, 3.63) is 65.3 Å². The van der Waals surface area contributed by atoms with Gasteiger partial charge in [-0.15, -0.1) is 0 Å². The van der Waals surface area contributed by atoms with E-state index in [4.69, 9.17) is 5.11 Å². The number of carbonyl (C=O) groups is 1. The van der Waals surface area contributed by atoms with E-state index in [1.165, 1.54) is 21.9 Å². The normalized spacial score (nSPS) is 14.2. The van der Waals surface area contributed by atoms with Crippen molar-refractivity contribution in [3.8, 4) is 0 Å². The summed E-state index contributed by atoms with van der Waals surface area (Å²) in [5, 5.41) is 11.5. The predicted molar refractivity (Wildman–Crippen MR) is 86.3 cm³/mol. The summed E-state index contributed by atoms with van der Waals surface area (Å²) < 4.78 is 0. The van der Waals surface area contributed by atoms with Gasteiger partial charge >= 0.3 is 5.97 Å². The molecule has 0 saturated heterocycles. The summed E-state index contributed by atoms with van der Waals surface area (Å²) >= 11 is 0. The van der Waals surface area contributed by atoms with Crippen molar-refractivity contribution < 1.29 is 9.90 Å². The molecule has 2 heteroatoms. The molecule has 0 aliphatic heterocycles. The van der Waals surface area contributed by atoms with Crippen LogP contribution >= 0.6 is 0 Å². The van der Waals surface area contributed by atoms with Crippen molar-refractivity contribution >= 4 is 22.8 Å². The Morgan fingerprint density at radius 2 is 1.95 bits per heavy atom. The van der Waals surface area contributed by atoms with Gasteiger partial charge in [0.2, 0.25) is 0 Å². The lowest BCUT2D eigenvalue weighted by Crippen LogP contribution is -2.00. The van der Waals surface area contributed by atoms with Gasteiger partial charge in [-0.1, -0.05) is 54.6 Å². The molecule has 0 unspecified atom stereocenters. The number of rotatable bonds is 3. The highest BCUT2D eigenvalue weighted by Crippen LogP contribution is 2.31. The molecule has 0 bridgehead atoms.